The third-order valence-corrected chi connectivity index (χ3v) is 5.38. The van der Waals surface area contributed by atoms with Gasteiger partial charge in [0.2, 0.25) is 0 Å². The molecule has 0 unspecified atom stereocenters. The SMILES string of the molecule is O=C(Nc1ccc(SC(F)F)cc1)c1ccc2c(c1)C(=O)N(Cc1ccncc1)C2=O. The monoisotopic (exact) mass is 439 g/mol. The molecule has 3 aromatic rings. The van der Waals surface area contributed by atoms with Crippen molar-refractivity contribution in [2.75, 3.05) is 5.32 Å². The highest BCUT2D eigenvalue weighted by Gasteiger charge is 2.36. The Morgan fingerprint density at radius 3 is 2.32 bits per heavy atom. The first-order valence-corrected chi connectivity index (χ1v) is 10.1. The fourth-order valence-electron chi connectivity index (χ4n) is 3.17. The van der Waals surface area contributed by atoms with Crippen molar-refractivity contribution in [2.24, 2.45) is 0 Å². The van der Waals surface area contributed by atoms with Gasteiger partial charge in [-0.15, -0.1) is 0 Å². The highest BCUT2D eigenvalue weighted by Crippen LogP contribution is 2.28. The Morgan fingerprint density at radius 1 is 0.968 bits per heavy atom. The van der Waals surface area contributed by atoms with Crippen LogP contribution in [0, 0.1) is 0 Å². The Kier molecular flexibility index (Phi) is 5.77. The smallest absolute Gasteiger partial charge is 0.288 e. The van der Waals surface area contributed by atoms with Crippen molar-refractivity contribution >= 4 is 35.2 Å². The molecular weight excluding hydrogens is 424 g/mol. The van der Waals surface area contributed by atoms with E-state index in [0.717, 1.165) is 10.5 Å². The van der Waals surface area contributed by atoms with Gasteiger partial charge in [0.25, 0.3) is 23.5 Å². The Morgan fingerprint density at radius 2 is 1.65 bits per heavy atom. The lowest BCUT2D eigenvalue weighted by atomic mass is 10.1. The van der Waals surface area contributed by atoms with E-state index < -0.39 is 23.5 Å². The Balaban J connectivity index is 1.49. The molecule has 1 aliphatic heterocycles. The molecule has 0 saturated carbocycles. The van der Waals surface area contributed by atoms with Crippen LogP contribution in [0.1, 0.15) is 36.6 Å². The van der Waals surface area contributed by atoms with E-state index in [1.807, 2.05) is 0 Å². The fourth-order valence-corrected chi connectivity index (χ4v) is 3.67. The number of fused-ring (bicyclic) bond motifs is 1. The van der Waals surface area contributed by atoms with Gasteiger partial charge in [0.1, 0.15) is 0 Å². The quantitative estimate of drug-likeness (QED) is 0.454. The standard InChI is InChI=1S/C22H15F2N3O3S/c23-22(24)31-16-4-2-15(3-5-16)26-19(28)14-1-6-17-18(11-14)21(30)27(20(17)29)12-13-7-9-25-10-8-13/h1-11,22H,12H2,(H,26,28). The van der Waals surface area contributed by atoms with Gasteiger partial charge < -0.3 is 5.32 Å². The van der Waals surface area contributed by atoms with Gasteiger partial charge in [-0.25, -0.2) is 0 Å². The molecule has 0 bridgehead atoms. The molecule has 0 aliphatic carbocycles. The number of carbonyl (C=O) groups is 3. The number of carbonyl (C=O) groups excluding carboxylic acids is 3. The molecule has 9 heteroatoms. The normalized spacial score (nSPS) is 12.9. The zero-order chi connectivity index (χ0) is 22.0. The highest BCUT2D eigenvalue weighted by atomic mass is 32.2. The fraction of sp³-hybridized carbons (Fsp3) is 0.0909. The molecule has 1 aromatic heterocycles. The van der Waals surface area contributed by atoms with E-state index >= 15 is 0 Å². The summed E-state index contributed by atoms with van der Waals surface area (Å²) in [4.78, 5) is 43.4. The molecule has 0 fully saturated rings. The maximum absolute atomic E-state index is 12.8. The minimum atomic E-state index is -2.52. The summed E-state index contributed by atoms with van der Waals surface area (Å²) < 4.78 is 24.8. The first-order valence-electron chi connectivity index (χ1n) is 9.18. The maximum Gasteiger partial charge on any atom is 0.288 e. The molecule has 31 heavy (non-hydrogen) atoms. The minimum absolute atomic E-state index is 0.110. The number of nitrogens with one attached hydrogen (secondary N) is 1. The van der Waals surface area contributed by atoms with E-state index in [1.54, 1.807) is 24.5 Å². The lowest BCUT2D eigenvalue weighted by Crippen LogP contribution is -2.29. The second kappa shape index (κ2) is 8.65. The summed E-state index contributed by atoms with van der Waals surface area (Å²) in [6, 6.07) is 13.7. The van der Waals surface area contributed by atoms with Crippen LogP contribution in [0.5, 0.6) is 0 Å². The second-order valence-corrected chi connectivity index (χ2v) is 7.73. The lowest BCUT2D eigenvalue weighted by molar-refractivity contribution is 0.0642. The van der Waals surface area contributed by atoms with Crippen LogP contribution in [0.15, 0.2) is 71.9 Å². The first kappa shape index (κ1) is 20.7. The molecule has 156 valence electrons. The number of halogens is 2. The van der Waals surface area contributed by atoms with E-state index in [0.29, 0.717) is 22.3 Å². The Labute approximate surface area is 180 Å². The topological polar surface area (TPSA) is 79.4 Å². The van der Waals surface area contributed by atoms with Crippen LogP contribution in [-0.4, -0.2) is 33.4 Å². The van der Waals surface area contributed by atoms with Gasteiger partial charge in [-0.1, -0.05) is 11.8 Å². The first-order chi connectivity index (χ1) is 14.9. The molecule has 1 N–H and O–H groups in total. The summed E-state index contributed by atoms with van der Waals surface area (Å²) in [5, 5.41) is 2.65. The van der Waals surface area contributed by atoms with Crippen molar-refractivity contribution in [3.63, 3.8) is 0 Å². The van der Waals surface area contributed by atoms with Crippen LogP contribution < -0.4 is 5.32 Å². The predicted molar refractivity (Wildman–Crippen MR) is 111 cm³/mol. The number of hydrogen-bond donors (Lipinski definition) is 1. The van der Waals surface area contributed by atoms with Crippen LogP contribution in [0.4, 0.5) is 14.5 Å². The van der Waals surface area contributed by atoms with Crippen molar-refractivity contribution in [2.45, 2.75) is 17.2 Å². The molecule has 1 aliphatic rings. The van der Waals surface area contributed by atoms with Gasteiger partial charge in [-0.3, -0.25) is 24.3 Å². The minimum Gasteiger partial charge on any atom is -0.322 e. The molecule has 0 saturated heterocycles. The second-order valence-electron chi connectivity index (χ2n) is 6.67. The van der Waals surface area contributed by atoms with Crippen LogP contribution in [-0.2, 0) is 6.54 Å². The van der Waals surface area contributed by atoms with E-state index in [-0.39, 0.29) is 23.2 Å². The van der Waals surface area contributed by atoms with Gasteiger partial charge in [-0.2, -0.15) is 8.78 Å². The molecule has 0 atom stereocenters. The molecule has 0 radical (unpaired) electrons. The average Bonchev–Trinajstić information content (AvgIpc) is 3.00. The van der Waals surface area contributed by atoms with Gasteiger partial charge in [0.05, 0.1) is 17.7 Å². The number of amides is 3. The van der Waals surface area contributed by atoms with Gasteiger partial charge in [0.15, 0.2) is 0 Å². The number of benzene rings is 2. The lowest BCUT2D eigenvalue weighted by Gasteiger charge is -2.13. The van der Waals surface area contributed by atoms with E-state index in [2.05, 4.69) is 10.3 Å². The largest absolute Gasteiger partial charge is 0.322 e. The summed E-state index contributed by atoms with van der Waals surface area (Å²) in [5.41, 5.74) is 1.79. The summed E-state index contributed by atoms with van der Waals surface area (Å²) in [7, 11) is 0. The number of pyridine rings is 1. The molecule has 0 spiro atoms. The molecular formula is C22H15F2N3O3S. The van der Waals surface area contributed by atoms with E-state index in [4.69, 9.17) is 0 Å². The third-order valence-electron chi connectivity index (χ3n) is 4.66. The Hall–Kier alpha value is -3.59. The predicted octanol–water partition coefficient (Wildman–Crippen LogP) is 4.44. The van der Waals surface area contributed by atoms with Crippen molar-refractivity contribution < 1.29 is 23.2 Å². The van der Waals surface area contributed by atoms with Crippen molar-refractivity contribution in [1.29, 1.82) is 0 Å². The number of nitrogens with zero attached hydrogens (tertiary/aromatic N) is 2. The maximum atomic E-state index is 12.8. The van der Waals surface area contributed by atoms with Crippen LogP contribution in [0.3, 0.4) is 0 Å². The van der Waals surface area contributed by atoms with Crippen molar-refractivity contribution in [3.8, 4) is 0 Å². The number of hydrogen-bond acceptors (Lipinski definition) is 5. The van der Waals surface area contributed by atoms with Gasteiger partial charge >= 0.3 is 0 Å². The summed E-state index contributed by atoms with van der Waals surface area (Å²) >= 11 is 0.413. The van der Waals surface area contributed by atoms with Crippen LogP contribution in [0.25, 0.3) is 0 Å². The molecule has 2 aromatic carbocycles. The van der Waals surface area contributed by atoms with E-state index in [9.17, 15) is 23.2 Å². The highest BCUT2D eigenvalue weighted by molar-refractivity contribution is 7.99. The summed E-state index contributed by atoms with van der Waals surface area (Å²) in [5.74, 6) is -3.90. The number of rotatable bonds is 6. The number of alkyl halides is 2. The average molecular weight is 439 g/mol. The van der Waals surface area contributed by atoms with E-state index in [1.165, 1.54) is 42.5 Å². The molecule has 6 nitrogen and oxygen atoms in total. The van der Waals surface area contributed by atoms with Gasteiger partial charge in [0, 0.05) is 28.5 Å². The van der Waals surface area contributed by atoms with Crippen LogP contribution in [0.2, 0.25) is 0 Å². The number of anilines is 1. The summed E-state index contributed by atoms with van der Waals surface area (Å²) in [6.45, 7) is 0.110. The summed E-state index contributed by atoms with van der Waals surface area (Å²) in [6.07, 6.45) is 3.16. The van der Waals surface area contributed by atoms with Crippen LogP contribution >= 0.6 is 11.8 Å². The van der Waals surface area contributed by atoms with Gasteiger partial charge in [-0.05, 0) is 60.2 Å². The zero-order valence-corrected chi connectivity index (χ0v) is 16.7. The molecule has 3 amide bonds. The molecule has 2 heterocycles. The number of aromatic nitrogens is 1. The van der Waals surface area contributed by atoms with Crippen molar-refractivity contribution in [3.05, 3.63) is 89.2 Å². The third kappa shape index (κ3) is 4.46. The zero-order valence-electron chi connectivity index (χ0n) is 15.9. The van der Waals surface area contributed by atoms with Crippen molar-refractivity contribution in [1.82, 2.24) is 9.88 Å². The number of thioether (sulfide) groups is 1. The Bertz CT molecular complexity index is 1150. The number of imide groups is 1. The molecule has 4 rings (SSSR count).